The van der Waals surface area contributed by atoms with Gasteiger partial charge in [0.2, 0.25) is 5.91 Å². The molecule has 6 nitrogen and oxygen atoms in total. The molecular weight excluding hydrogens is 526 g/mol. The topological polar surface area (TPSA) is 110 Å². The van der Waals surface area contributed by atoms with E-state index in [0.29, 0.717) is 19.3 Å². The molecule has 0 saturated heterocycles. The Labute approximate surface area is 258 Å². The Bertz CT molecular complexity index is 678. The summed E-state index contributed by atoms with van der Waals surface area (Å²) in [5, 5.41) is 43.1. The number of rotatable bonds is 30. The lowest BCUT2D eigenvalue weighted by Crippen LogP contribution is -2.53. The molecule has 0 radical (unpaired) electrons. The van der Waals surface area contributed by atoms with Gasteiger partial charge in [-0.05, 0) is 64.2 Å². The quantitative estimate of drug-likeness (QED) is 0.0331. The van der Waals surface area contributed by atoms with Crippen molar-refractivity contribution in [3.05, 3.63) is 36.5 Å². The van der Waals surface area contributed by atoms with Crippen molar-refractivity contribution < 1.29 is 25.2 Å². The van der Waals surface area contributed by atoms with Crippen LogP contribution in [0, 0.1) is 0 Å². The summed E-state index contributed by atoms with van der Waals surface area (Å²) in [6.45, 7) is 3.92. The normalized spacial score (nSPS) is 15.1. The van der Waals surface area contributed by atoms with Gasteiger partial charge in [0.15, 0.2) is 0 Å². The van der Waals surface area contributed by atoms with Crippen molar-refractivity contribution in [1.29, 1.82) is 0 Å². The third-order valence-corrected chi connectivity index (χ3v) is 7.85. The van der Waals surface area contributed by atoms with E-state index in [0.717, 1.165) is 38.5 Å². The number of unbranched alkanes of at least 4 members (excludes halogenated alkanes) is 16. The van der Waals surface area contributed by atoms with Crippen LogP contribution in [0.15, 0.2) is 36.5 Å². The second-order valence-corrected chi connectivity index (χ2v) is 11.9. The first-order valence-electron chi connectivity index (χ1n) is 17.4. The molecule has 0 saturated carbocycles. The highest BCUT2D eigenvalue weighted by Crippen LogP contribution is 2.14. The number of aliphatic hydroxyl groups excluding tert-OH is 4. The van der Waals surface area contributed by atoms with Gasteiger partial charge in [0.1, 0.15) is 12.2 Å². The van der Waals surface area contributed by atoms with E-state index < -0.39 is 36.9 Å². The first-order chi connectivity index (χ1) is 20.5. The van der Waals surface area contributed by atoms with Crippen LogP contribution in [0.3, 0.4) is 0 Å². The van der Waals surface area contributed by atoms with Gasteiger partial charge in [-0.1, -0.05) is 127 Å². The Morgan fingerprint density at radius 3 is 1.57 bits per heavy atom. The number of carbonyl (C=O) groups excluding carboxylic acids is 1. The van der Waals surface area contributed by atoms with Crippen LogP contribution in [0.4, 0.5) is 0 Å². The predicted molar refractivity (Wildman–Crippen MR) is 177 cm³/mol. The van der Waals surface area contributed by atoms with Crippen molar-refractivity contribution in [2.45, 2.75) is 179 Å². The van der Waals surface area contributed by atoms with E-state index in [1.807, 2.05) is 0 Å². The molecule has 0 heterocycles. The van der Waals surface area contributed by atoms with Crippen molar-refractivity contribution in [2.24, 2.45) is 0 Å². The Kier molecular flexibility index (Phi) is 29.9. The zero-order valence-electron chi connectivity index (χ0n) is 27.2. The molecule has 246 valence electrons. The molecule has 0 aromatic heterocycles. The summed E-state index contributed by atoms with van der Waals surface area (Å²) in [6.07, 6.45) is 33.2. The zero-order chi connectivity index (χ0) is 31.1. The van der Waals surface area contributed by atoms with E-state index in [2.05, 4.69) is 55.6 Å². The molecule has 1 amide bonds. The van der Waals surface area contributed by atoms with Gasteiger partial charge in [0.05, 0.1) is 18.8 Å². The molecule has 6 heteroatoms. The molecule has 0 aliphatic rings. The molecule has 0 aliphatic heterocycles. The molecule has 0 aromatic carbocycles. The lowest BCUT2D eigenvalue weighted by molar-refractivity contribution is -0.132. The molecule has 0 fully saturated rings. The number of nitrogens with one attached hydrogen (secondary N) is 1. The van der Waals surface area contributed by atoms with Crippen molar-refractivity contribution >= 4 is 5.91 Å². The molecule has 0 rings (SSSR count). The Hall–Kier alpha value is -1.47. The average molecular weight is 594 g/mol. The number of hydrogen-bond donors (Lipinski definition) is 5. The zero-order valence-corrected chi connectivity index (χ0v) is 27.2. The largest absolute Gasteiger partial charge is 0.394 e. The number of allylic oxidation sites excluding steroid dienone is 6. The van der Waals surface area contributed by atoms with Crippen LogP contribution >= 0.6 is 0 Å². The summed E-state index contributed by atoms with van der Waals surface area (Å²) in [5.74, 6) is -0.604. The highest BCUT2D eigenvalue weighted by molar-refractivity contribution is 5.80. The molecule has 5 N–H and O–H groups in total. The van der Waals surface area contributed by atoms with Crippen molar-refractivity contribution in [3.8, 4) is 0 Å². The molecule has 0 bridgehead atoms. The minimum atomic E-state index is -1.28. The third kappa shape index (κ3) is 25.1. The number of hydrogen-bond acceptors (Lipinski definition) is 5. The maximum atomic E-state index is 12.4. The SMILES string of the molecule is CCCCC/C=C\C=C/CCCCCCCCCCCC(O)C(=O)NC(CO)C(O)C(O)CCC/C=C/CCCCC. The number of amides is 1. The van der Waals surface area contributed by atoms with E-state index in [4.69, 9.17) is 0 Å². The van der Waals surface area contributed by atoms with Crippen LogP contribution < -0.4 is 5.32 Å². The van der Waals surface area contributed by atoms with Gasteiger partial charge < -0.3 is 25.7 Å². The van der Waals surface area contributed by atoms with Gasteiger partial charge >= 0.3 is 0 Å². The molecule has 0 aromatic rings. The molecular formula is C36H67NO5. The minimum Gasteiger partial charge on any atom is -0.394 e. The Morgan fingerprint density at radius 1 is 0.595 bits per heavy atom. The molecule has 0 spiro atoms. The maximum Gasteiger partial charge on any atom is 0.249 e. The van der Waals surface area contributed by atoms with Crippen molar-refractivity contribution in [2.75, 3.05) is 6.61 Å². The molecule has 0 aliphatic carbocycles. The van der Waals surface area contributed by atoms with Gasteiger partial charge in [-0.15, -0.1) is 0 Å². The van der Waals surface area contributed by atoms with Crippen LogP contribution in [0.25, 0.3) is 0 Å². The summed E-state index contributed by atoms with van der Waals surface area (Å²) in [5.41, 5.74) is 0. The number of aliphatic hydroxyl groups is 4. The van der Waals surface area contributed by atoms with Gasteiger partial charge in [-0.2, -0.15) is 0 Å². The minimum absolute atomic E-state index is 0.356. The van der Waals surface area contributed by atoms with Gasteiger partial charge in [0.25, 0.3) is 0 Å². The monoisotopic (exact) mass is 594 g/mol. The second kappa shape index (κ2) is 31.0. The fraction of sp³-hybridized carbons (Fsp3) is 0.806. The van der Waals surface area contributed by atoms with E-state index in [-0.39, 0.29) is 0 Å². The Balaban J connectivity index is 3.83. The molecule has 42 heavy (non-hydrogen) atoms. The van der Waals surface area contributed by atoms with Crippen LogP contribution in [0.1, 0.15) is 155 Å². The average Bonchev–Trinajstić information content (AvgIpc) is 2.99. The lowest BCUT2D eigenvalue weighted by Gasteiger charge is -2.27. The predicted octanol–water partition coefficient (Wildman–Crippen LogP) is 7.84. The fourth-order valence-electron chi connectivity index (χ4n) is 4.98. The van der Waals surface area contributed by atoms with Crippen molar-refractivity contribution in [1.82, 2.24) is 5.32 Å². The van der Waals surface area contributed by atoms with E-state index in [9.17, 15) is 25.2 Å². The van der Waals surface area contributed by atoms with E-state index in [1.165, 1.54) is 83.5 Å². The summed E-state index contributed by atoms with van der Waals surface area (Å²) in [4.78, 5) is 12.4. The summed E-state index contributed by atoms with van der Waals surface area (Å²) >= 11 is 0. The summed E-state index contributed by atoms with van der Waals surface area (Å²) in [6, 6.07) is -1.00. The van der Waals surface area contributed by atoms with Crippen LogP contribution in [0.5, 0.6) is 0 Å². The van der Waals surface area contributed by atoms with Gasteiger partial charge in [0, 0.05) is 0 Å². The van der Waals surface area contributed by atoms with Crippen molar-refractivity contribution in [3.63, 3.8) is 0 Å². The summed E-state index contributed by atoms with van der Waals surface area (Å²) < 4.78 is 0. The smallest absolute Gasteiger partial charge is 0.249 e. The first kappa shape index (κ1) is 40.5. The highest BCUT2D eigenvalue weighted by Gasteiger charge is 2.28. The highest BCUT2D eigenvalue weighted by atomic mass is 16.3. The molecule has 4 unspecified atom stereocenters. The molecule has 4 atom stereocenters. The lowest BCUT2D eigenvalue weighted by atomic mass is 10.00. The van der Waals surface area contributed by atoms with Crippen LogP contribution in [-0.4, -0.2) is 57.3 Å². The third-order valence-electron chi connectivity index (χ3n) is 7.85. The van der Waals surface area contributed by atoms with Crippen LogP contribution in [-0.2, 0) is 4.79 Å². The van der Waals surface area contributed by atoms with E-state index >= 15 is 0 Å². The fourth-order valence-corrected chi connectivity index (χ4v) is 4.98. The summed E-state index contributed by atoms with van der Waals surface area (Å²) in [7, 11) is 0. The van der Waals surface area contributed by atoms with E-state index in [1.54, 1.807) is 0 Å². The Morgan fingerprint density at radius 2 is 1.05 bits per heavy atom. The van der Waals surface area contributed by atoms with Crippen LogP contribution in [0.2, 0.25) is 0 Å². The standard InChI is InChI=1S/C36H67NO5/c1-3-5-7-9-11-13-14-15-16-17-18-19-20-21-22-24-26-28-30-34(40)36(42)37-32(31-38)35(41)33(39)29-27-25-23-12-10-8-6-4-2/h11-15,23,32-35,38-41H,3-10,16-22,24-31H2,1-2H3,(H,37,42)/b13-11-,15-14-,23-12+. The van der Waals surface area contributed by atoms with Gasteiger partial charge in [-0.3, -0.25) is 4.79 Å². The number of carbonyl (C=O) groups is 1. The van der Waals surface area contributed by atoms with Gasteiger partial charge in [-0.25, -0.2) is 0 Å². The maximum absolute atomic E-state index is 12.4. The second-order valence-electron chi connectivity index (χ2n) is 11.9. The first-order valence-corrected chi connectivity index (χ1v) is 17.4.